The lowest BCUT2D eigenvalue weighted by Crippen LogP contribution is -2.14. The molecule has 8 heteroatoms. The minimum atomic E-state index is -0.476. The van der Waals surface area contributed by atoms with Crippen molar-refractivity contribution in [1.29, 1.82) is 0 Å². The highest BCUT2D eigenvalue weighted by Crippen LogP contribution is 2.24. The number of nitrogens with zero attached hydrogens (tertiary/aromatic N) is 1. The fourth-order valence-electron chi connectivity index (χ4n) is 2.27. The smallest absolute Gasteiger partial charge is 0.350 e. The van der Waals surface area contributed by atoms with Crippen molar-refractivity contribution < 1.29 is 18.7 Å². The van der Waals surface area contributed by atoms with E-state index in [1.807, 2.05) is 12.1 Å². The number of aryl methyl sites for hydroxylation is 1. The van der Waals surface area contributed by atoms with E-state index in [0.717, 1.165) is 5.56 Å². The molecule has 0 spiro atoms. The van der Waals surface area contributed by atoms with E-state index in [-0.39, 0.29) is 12.3 Å². The highest BCUT2D eigenvalue weighted by Gasteiger charge is 2.16. The monoisotopic (exact) mass is 390 g/mol. The number of anilines is 1. The van der Waals surface area contributed by atoms with Crippen molar-refractivity contribution in [1.82, 2.24) is 4.98 Å². The van der Waals surface area contributed by atoms with Gasteiger partial charge in [-0.05, 0) is 35.7 Å². The van der Waals surface area contributed by atoms with Gasteiger partial charge in [0.1, 0.15) is 4.88 Å². The van der Waals surface area contributed by atoms with Crippen LogP contribution in [0.25, 0.3) is 11.3 Å². The first-order chi connectivity index (χ1) is 12.6. The van der Waals surface area contributed by atoms with E-state index < -0.39 is 5.97 Å². The van der Waals surface area contributed by atoms with Gasteiger partial charge in [-0.3, -0.25) is 4.79 Å². The number of benzene rings is 1. The molecule has 0 unspecified atom stereocenters. The molecule has 0 aliphatic carbocycles. The SMILES string of the molecule is COC(=O)c1sccc1NC(=O)CCc1ncc(-c2ccc(Cl)cc2)o1. The van der Waals surface area contributed by atoms with Gasteiger partial charge in [0.05, 0.1) is 19.0 Å². The number of esters is 1. The van der Waals surface area contributed by atoms with E-state index >= 15 is 0 Å². The van der Waals surface area contributed by atoms with E-state index in [1.54, 1.807) is 29.8 Å². The molecule has 1 N–H and O–H groups in total. The van der Waals surface area contributed by atoms with Crippen molar-refractivity contribution in [3.8, 4) is 11.3 Å². The zero-order chi connectivity index (χ0) is 18.5. The Morgan fingerprint density at radius 3 is 2.77 bits per heavy atom. The van der Waals surface area contributed by atoms with Crippen molar-refractivity contribution in [2.24, 2.45) is 0 Å². The quantitative estimate of drug-likeness (QED) is 0.630. The van der Waals surface area contributed by atoms with Gasteiger partial charge < -0.3 is 14.5 Å². The second kappa shape index (κ2) is 8.16. The van der Waals surface area contributed by atoms with E-state index in [2.05, 4.69) is 15.0 Å². The Morgan fingerprint density at radius 1 is 1.27 bits per heavy atom. The molecule has 1 aromatic carbocycles. The van der Waals surface area contributed by atoms with Crippen LogP contribution < -0.4 is 5.32 Å². The number of rotatable bonds is 6. The summed E-state index contributed by atoms with van der Waals surface area (Å²) in [6.07, 6.45) is 2.14. The number of carbonyl (C=O) groups excluding carboxylic acids is 2. The average Bonchev–Trinajstić information content (AvgIpc) is 3.29. The summed E-state index contributed by atoms with van der Waals surface area (Å²) in [5.74, 6) is 0.363. The summed E-state index contributed by atoms with van der Waals surface area (Å²) < 4.78 is 10.4. The van der Waals surface area contributed by atoms with Crippen LogP contribution in [-0.4, -0.2) is 24.0 Å². The van der Waals surface area contributed by atoms with Crippen LogP contribution in [-0.2, 0) is 16.0 Å². The maximum absolute atomic E-state index is 12.1. The van der Waals surface area contributed by atoms with E-state index in [0.29, 0.717) is 33.7 Å². The van der Waals surface area contributed by atoms with Gasteiger partial charge >= 0.3 is 5.97 Å². The van der Waals surface area contributed by atoms with Crippen LogP contribution >= 0.6 is 22.9 Å². The van der Waals surface area contributed by atoms with Gasteiger partial charge in [-0.15, -0.1) is 11.3 Å². The van der Waals surface area contributed by atoms with Crippen molar-refractivity contribution in [3.63, 3.8) is 0 Å². The number of oxazole rings is 1. The number of carbonyl (C=O) groups is 2. The van der Waals surface area contributed by atoms with Gasteiger partial charge in [0.25, 0.3) is 0 Å². The summed E-state index contributed by atoms with van der Waals surface area (Å²) in [4.78, 5) is 28.3. The molecule has 2 heterocycles. The predicted octanol–water partition coefficient (Wildman–Crippen LogP) is 4.41. The number of aromatic nitrogens is 1. The highest BCUT2D eigenvalue weighted by molar-refractivity contribution is 7.12. The van der Waals surface area contributed by atoms with Crippen LogP contribution in [0, 0.1) is 0 Å². The lowest BCUT2D eigenvalue weighted by molar-refractivity contribution is -0.116. The minimum Gasteiger partial charge on any atom is -0.465 e. The van der Waals surface area contributed by atoms with E-state index in [4.69, 9.17) is 16.0 Å². The molecule has 0 saturated carbocycles. The van der Waals surface area contributed by atoms with Crippen LogP contribution in [0.4, 0.5) is 5.69 Å². The molecule has 134 valence electrons. The number of amides is 1. The van der Waals surface area contributed by atoms with E-state index in [1.165, 1.54) is 18.4 Å². The van der Waals surface area contributed by atoms with Crippen molar-refractivity contribution in [2.75, 3.05) is 12.4 Å². The minimum absolute atomic E-state index is 0.178. The average molecular weight is 391 g/mol. The molecular weight excluding hydrogens is 376 g/mol. The topological polar surface area (TPSA) is 81.4 Å². The van der Waals surface area contributed by atoms with Crippen LogP contribution in [0.5, 0.6) is 0 Å². The Labute approximate surface area is 158 Å². The summed E-state index contributed by atoms with van der Waals surface area (Å²) >= 11 is 7.08. The first-order valence-corrected chi connectivity index (χ1v) is 8.99. The van der Waals surface area contributed by atoms with Gasteiger partial charge in [0, 0.05) is 23.4 Å². The molecule has 6 nitrogen and oxygen atoms in total. The summed E-state index contributed by atoms with van der Waals surface area (Å²) in [6, 6.07) is 8.88. The molecule has 0 saturated heterocycles. The predicted molar refractivity (Wildman–Crippen MR) is 99.6 cm³/mol. The largest absolute Gasteiger partial charge is 0.465 e. The normalized spacial score (nSPS) is 10.5. The third-order valence-electron chi connectivity index (χ3n) is 3.56. The second-order valence-electron chi connectivity index (χ2n) is 5.33. The lowest BCUT2D eigenvalue weighted by atomic mass is 10.2. The Hall–Kier alpha value is -2.64. The molecule has 0 atom stereocenters. The Kier molecular flexibility index (Phi) is 5.70. The number of thiophene rings is 1. The Bertz CT molecular complexity index is 917. The summed E-state index contributed by atoms with van der Waals surface area (Å²) in [7, 11) is 1.30. The summed E-state index contributed by atoms with van der Waals surface area (Å²) in [6.45, 7) is 0. The fraction of sp³-hybridized carbons (Fsp3) is 0.167. The molecule has 0 radical (unpaired) electrons. The van der Waals surface area contributed by atoms with Crippen LogP contribution in [0.3, 0.4) is 0 Å². The lowest BCUT2D eigenvalue weighted by Gasteiger charge is -2.04. The van der Waals surface area contributed by atoms with Gasteiger partial charge in [-0.2, -0.15) is 0 Å². The van der Waals surface area contributed by atoms with Crippen LogP contribution in [0.15, 0.2) is 46.3 Å². The van der Waals surface area contributed by atoms with Crippen molar-refractivity contribution >= 4 is 40.5 Å². The second-order valence-corrected chi connectivity index (χ2v) is 6.68. The number of ether oxygens (including phenoxy) is 1. The number of nitrogens with one attached hydrogen (secondary N) is 1. The summed E-state index contributed by atoms with van der Waals surface area (Å²) in [5, 5.41) is 5.07. The van der Waals surface area contributed by atoms with Crippen molar-refractivity contribution in [3.05, 3.63) is 57.7 Å². The van der Waals surface area contributed by atoms with E-state index in [9.17, 15) is 9.59 Å². The maximum atomic E-state index is 12.1. The molecule has 0 aliphatic heterocycles. The first kappa shape index (κ1) is 18.2. The van der Waals surface area contributed by atoms with Gasteiger partial charge in [0.15, 0.2) is 11.7 Å². The molecule has 3 rings (SSSR count). The number of halogens is 1. The van der Waals surface area contributed by atoms with Crippen molar-refractivity contribution in [2.45, 2.75) is 12.8 Å². The molecule has 26 heavy (non-hydrogen) atoms. The highest BCUT2D eigenvalue weighted by atomic mass is 35.5. The molecular formula is C18H15ClN2O4S. The third kappa shape index (κ3) is 4.30. The summed E-state index contributed by atoms with van der Waals surface area (Å²) in [5.41, 5.74) is 1.31. The molecule has 1 amide bonds. The number of methoxy groups -OCH3 is 1. The zero-order valence-corrected chi connectivity index (χ0v) is 15.4. The first-order valence-electron chi connectivity index (χ1n) is 7.73. The number of hydrogen-bond acceptors (Lipinski definition) is 6. The Balaban J connectivity index is 1.58. The molecule has 0 bridgehead atoms. The molecule has 0 aliphatic rings. The van der Waals surface area contributed by atoms with Gasteiger partial charge in [0.2, 0.25) is 5.91 Å². The van der Waals surface area contributed by atoms with Gasteiger partial charge in [-0.1, -0.05) is 11.6 Å². The number of hydrogen-bond donors (Lipinski definition) is 1. The Morgan fingerprint density at radius 2 is 2.04 bits per heavy atom. The fourth-order valence-corrected chi connectivity index (χ4v) is 3.16. The molecule has 2 aromatic heterocycles. The standard InChI is InChI=1S/C18H15ClN2O4S/c1-24-18(23)17-13(8-9-26-17)21-15(22)6-7-16-20-10-14(25-16)11-2-4-12(19)5-3-11/h2-5,8-10H,6-7H2,1H3,(H,21,22). The molecule has 3 aromatic rings. The maximum Gasteiger partial charge on any atom is 0.350 e. The third-order valence-corrected chi connectivity index (χ3v) is 4.70. The van der Waals surface area contributed by atoms with Crippen LogP contribution in [0.2, 0.25) is 5.02 Å². The molecule has 0 fully saturated rings. The zero-order valence-electron chi connectivity index (χ0n) is 13.8. The van der Waals surface area contributed by atoms with Gasteiger partial charge in [-0.25, -0.2) is 9.78 Å². The van der Waals surface area contributed by atoms with Crippen LogP contribution in [0.1, 0.15) is 22.0 Å².